The fourth-order valence-electron chi connectivity index (χ4n) is 4.62. The zero-order chi connectivity index (χ0) is 25.0. The van der Waals surface area contributed by atoms with E-state index in [2.05, 4.69) is 5.32 Å². The summed E-state index contributed by atoms with van der Waals surface area (Å²) in [5, 5.41) is 2.83. The first kappa shape index (κ1) is 26.1. The van der Waals surface area contributed by atoms with E-state index < -0.39 is 5.60 Å². The van der Waals surface area contributed by atoms with E-state index in [1.807, 2.05) is 39.5 Å². The van der Waals surface area contributed by atoms with Crippen LogP contribution in [-0.2, 0) is 9.47 Å². The number of nitrogens with one attached hydrogen (secondary N) is 1. The van der Waals surface area contributed by atoms with Crippen molar-refractivity contribution >= 4 is 23.5 Å². The predicted molar refractivity (Wildman–Crippen MR) is 131 cm³/mol. The van der Waals surface area contributed by atoms with Crippen molar-refractivity contribution in [1.82, 2.24) is 9.80 Å². The summed E-state index contributed by atoms with van der Waals surface area (Å²) in [5.74, 6) is -0.212. The van der Waals surface area contributed by atoms with Crippen molar-refractivity contribution in [2.24, 2.45) is 5.92 Å². The number of hydrogen-bond donors (Lipinski definition) is 1. The minimum absolute atomic E-state index is 0.0314. The lowest BCUT2D eigenvalue weighted by atomic mass is 9.98. The van der Waals surface area contributed by atoms with E-state index in [0.29, 0.717) is 44.1 Å². The summed E-state index contributed by atoms with van der Waals surface area (Å²) in [5.41, 5.74) is 0.393. The number of nitrogens with zero attached hydrogens (tertiary/aromatic N) is 3. The molecule has 0 spiro atoms. The average molecular weight is 479 g/mol. The summed E-state index contributed by atoms with van der Waals surface area (Å²) in [6.07, 6.45) is 1.47. The van der Waals surface area contributed by atoms with E-state index in [-0.39, 0.29) is 36.1 Å². The molecule has 2 saturated heterocycles. The second-order valence-corrected chi connectivity index (χ2v) is 10.6. The number of urea groups is 1. The van der Waals surface area contributed by atoms with Crippen LogP contribution >= 0.6 is 0 Å². The van der Waals surface area contributed by atoms with Crippen LogP contribution in [0.5, 0.6) is 0 Å². The monoisotopic (exact) mass is 478 g/mol. The maximum atomic E-state index is 14.9. The van der Waals surface area contributed by atoms with Crippen molar-refractivity contribution in [2.75, 3.05) is 50.0 Å². The second-order valence-electron chi connectivity index (χ2n) is 10.6. The van der Waals surface area contributed by atoms with E-state index in [9.17, 15) is 14.0 Å². The van der Waals surface area contributed by atoms with Gasteiger partial charge < -0.3 is 29.5 Å². The minimum Gasteiger partial charge on any atom is -0.444 e. The first-order valence-corrected chi connectivity index (χ1v) is 12.1. The lowest BCUT2D eigenvalue weighted by Gasteiger charge is -2.37. The van der Waals surface area contributed by atoms with Gasteiger partial charge in [-0.15, -0.1) is 0 Å². The number of halogens is 1. The third-order valence-electron chi connectivity index (χ3n) is 6.00. The van der Waals surface area contributed by atoms with Crippen molar-refractivity contribution in [3.63, 3.8) is 0 Å². The van der Waals surface area contributed by atoms with E-state index >= 15 is 0 Å². The molecule has 0 aliphatic carbocycles. The predicted octanol–water partition coefficient (Wildman–Crippen LogP) is 4.55. The molecule has 3 unspecified atom stereocenters. The van der Waals surface area contributed by atoms with Crippen LogP contribution in [0.15, 0.2) is 18.2 Å². The highest BCUT2D eigenvalue weighted by atomic mass is 19.1. The molecule has 1 aromatic carbocycles. The SMILES string of the molecule is CC1CN(c2ccc(NC(=O)N3CCCC(CN(C)C(=O)OC(C)(C)C)C3)cc2F)CC(C)O1. The van der Waals surface area contributed by atoms with Gasteiger partial charge in [-0.05, 0) is 71.6 Å². The smallest absolute Gasteiger partial charge is 0.410 e. The van der Waals surface area contributed by atoms with E-state index in [0.717, 1.165) is 12.8 Å². The molecule has 3 amide bonds. The summed E-state index contributed by atoms with van der Waals surface area (Å²) in [4.78, 5) is 30.4. The molecule has 2 heterocycles. The molecule has 1 N–H and O–H groups in total. The zero-order valence-corrected chi connectivity index (χ0v) is 21.3. The number of hydrogen-bond acceptors (Lipinski definition) is 5. The molecule has 0 aromatic heterocycles. The number of benzene rings is 1. The topological polar surface area (TPSA) is 74.4 Å². The Kier molecular flexibility index (Phi) is 8.28. The standard InChI is InChI=1S/C25H39FN4O4/c1-17-13-30(14-18(2)33-17)22-10-9-20(12-21(22)26)27-23(31)29-11-7-8-19(16-29)15-28(6)24(32)34-25(3,4)5/h9-10,12,17-19H,7-8,11,13-16H2,1-6H3,(H,27,31). The molecule has 2 aliphatic heterocycles. The van der Waals surface area contributed by atoms with Crippen LogP contribution in [0.2, 0.25) is 0 Å². The summed E-state index contributed by atoms with van der Waals surface area (Å²) in [7, 11) is 1.72. The van der Waals surface area contributed by atoms with Crippen molar-refractivity contribution in [3.8, 4) is 0 Å². The van der Waals surface area contributed by atoms with Crippen LogP contribution in [0.3, 0.4) is 0 Å². The molecule has 0 radical (unpaired) electrons. The summed E-state index contributed by atoms with van der Waals surface area (Å²) in [6, 6.07) is 4.56. The molecule has 2 fully saturated rings. The molecular formula is C25H39FN4O4. The van der Waals surface area contributed by atoms with Crippen molar-refractivity contribution < 1.29 is 23.5 Å². The molecule has 9 heteroatoms. The average Bonchev–Trinajstić information content (AvgIpc) is 2.72. The van der Waals surface area contributed by atoms with Gasteiger partial charge in [0.15, 0.2) is 0 Å². The number of anilines is 2. The number of piperidine rings is 1. The quantitative estimate of drug-likeness (QED) is 0.687. The maximum absolute atomic E-state index is 14.9. The van der Waals surface area contributed by atoms with Crippen molar-refractivity contribution in [3.05, 3.63) is 24.0 Å². The zero-order valence-electron chi connectivity index (χ0n) is 21.3. The number of carbonyl (C=O) groups is 2. The molecule has 0 saturated carbocycles. The highest BCUT2D eigenvalue weighted by molar-refractivity contribution is 5.89. The number of amides is 3. The number of likely N-dealkylation sites (tertiary alicyclic amines) is 1. The van der Waals surface area contributed by atoms with Gasteiger partial charge in [-0.1, -0.05) is 0 Å². The van der Waals surface area contributed by atoms with Crippen LogP contribution in [-0.4, -0.2) is 79.5 Å². The molecule has 2 aliphatic rings. The van der Waals surface area contributed by atoms with Crippen LogP contribution in [0.25, 0.3) is 0 Å². The summed E-state index contributed by atoms with van der Waals surface area (Å²) < 4.78 is 26.0. The number of ether oxygens (including phenoxy) is 2. The lowest BCUT2D eigenvalue weighted by Crippen LogP contribution is -2.46. The van der Waals surface area contributed by atoms with Gasteiger partial charge in [-0.25, -0.2) is 14.0 Å². The summed E-state index contributed by atoms with van der Waals surface area (Å²) >= 11 is 0. The van der Waals surface area contributed by atoms with Gasteiger partial charge >= 0.3 is 12.1 Å². The Morgan fingerprint density at radius 3 is 2.50 bits per heavy atom. The van der Waals surface area contributed by atoms with Crippen LogP contribution in [0.4, 0.5) is 25.4 Å². The Hall–Kier alpha value is -2.55. The van der Waals surface area contributed by atoms with Gasteiger partial charge in [0.1, 0.15) is 11.4 Å². The largest absolute Gasteiger partial charge is 0.444 e. The maximum Gasteiger partial charge on any atom is 0.410 e. The van der Waals surface area contributed by atoms with Crippen LogP contribution < -0.4 is 10.2 Å². The first-order chi connectivity index (χ1) is 15.9. The Morgan fingerprint density at radius 1 is 1.21 bits per heavy atom. The van der Waals surface area contributed by atoms with Gasteiger partial charge in [0.2, 0.25) is 0 Å². The van der Waals surface area contributed by atoms with Gasteiger partial charge in [-0.3, -0.25) is 0 Å². The molecule has 34 heavy (non-hydrogen) atoms. The molecule has 8 nitrogen and oxygen atoms in total. The molecule has 1 aromatic rings. The molecule has 3 atom stereocenters. The highest BCUT2D eigenvalue weighted by Crippen LogP contribution is 2.27. The highest BCUT2D eigenvalue weighted by Gasteiger charge is 2.28. The van der Waals surface area contributed by atoms with Crippen LogP contribution in [0.1, 0.15) is 47.5 Å². The molecule has 3 rings (SSSR count). The fourth-order valence-corrected chi connectivity index (χ4v) is 4.62. The van der Waals surface area contributed by atoms with Gasteiger partial charge in [0, 0.05) is 45.5 Å². The van der Waals surface area contributed by atoms with Gasteiger partial charge in [-0.2, -0.15) is 0 Å². The third-order valence-corrected chi connectivity index (χ3v) is 6.00. The molecular weight excluding hydrogens is 439 g/mol. The first-order valence-electron chi connectivity index (χ1n) is 12.1. The normalized spacial score (nSPS) is 23.4. The second kappa shape index (κ2) is 10.8. The van der Waals surface area contributed by atoms with Gasteiger partial charge in [0.05, 0.1) is 17.9 Å². The minimum atomic E-state index is -0.549. The van der Waals surface area contributed by atoms with Crippen molar-refractivity contribution in [1.29, 1.82) is 0 Å². The Labute approximate surface area is 202 Å². The number of rotatable bonds is 4. The van der Waals surface area contributed by atoms with Crippen LogP contribution in [0, 0.1) is 11.7 Å². The van der Waals surface area contributed by atoms with E-state index in [1.54, 1.807) is 29.0 Å². The fraction of sp³-hybridized carbons (Fsp3) is 0.680. The molecule has 190 valence electrons. The number of carbonyl (C=O) groups excluding carboxylic acids is 2. The molecule has 0 bridgehead atoms. The van der Waals surface area contributed by atoms with E-state index in [1.165, 1.54) is 6.07 Å². The Morgan fingerprint density at radius 2 is 1.88 bits per heavy atom. The van der Waals surface area contributed by atoms with Crippen molar-refractivity contribution in [2.45, 2.75) is 65.3 Å². The summed E-state index contributed by atoms with van der Waals surface area (Å²) in [6.45, 7) is 12.4. The third kappa shape index (κ3) is 7.22. The lowest BCUT2D eigenvalue weighted by molar-refractivity contribution is -0.00540. The number of morpholine rings is 1. The Bertz CT molecular complexity index is 865. The Balaban J connectivity index is 1.55. The van der Waals surface area contributed by atoms with Gasteiger partial charge in [0.25, 0.3) is 0 Å². The van der Waals surface area contributed by atoms with E-state index in [4.69, 9.17) is 9.47 Å².